The third-order valence-corrected chi connectivity index (χ3v) is 6.09. The maximum absolute atomic E-state index is 10.5. The number of rotatable bonds is 2. The number of aromatic nitrogens is 2. The van der Waals surface area contributed by atoms with Gasteiger partial charge in [-0.25, -0.2) is 0 Å². The molecule has 2 saturated carbocycles. The van der Waals surface area contributed by atoms with Crippen molar-refractivity contribution < 1.29 is 5.11 Å². The first-order valence-corrected chi connectivity index (χ1v) is 8.72. The lowest BCUT2D eigenvalue weighted by Crippen LogP contribution is -2.36. The molecular weight excluding hydrogens is 262 g/mol. The number of hydrogen-bond donors (Lipinski definition) is 1. The lowest BCUT2D eigenvalue weighted by molar-refractivity contribution is 0.0306. The summed E-state index contributed by atoms with van der Waals surface area (Å²) in [7, 11) is 0. The van der Waals surface area contributed by atoms with E-state index in [1.54, 1.807) is 0 Å². The maximum Gasteiger partial charge on any atom is 0.0781 e. The third kappa shape index (κ3) is 2.64. The summed E-state index contributed by atoms with van der Waals surface area (Å²) in [5, 5.41) is 14.9. The first-order valence-electron chi connectivity index (χ1n) is 8.72. The van der Waals surface area contributed by atoms with Crippen molar-refractivity contribution in [3.8, 4) is 0 Å². The maximum atomic E-state index is 10.5. The van der Waals surface area contributed by atoms with Crippen molar-refractivity contribution in [3.63, 3.8) is 0 Å². The number of likely N-dealkylation sites (tertiary alicyclic amines) is 1. The molecule has 116 valence electrons. The lowest BCUT2D eigenvalue weighted by Gasteiger charge is -2.35. The first kappa shape index (κ1) is 13.8. The van der Waals surface area contributed by atoms with Gasteiger partial charge in [0.25, 0.3) is 0 Å². The zero-order valence-corrected chi connectivity index (χ0v) is 12.8. The number of aliphatic hydroxyl groups is 1. The molecule has 0 bridgehead atoms. The molecule has 1 N–H and O–H groups in total. The fourth-order valence-corrected chi connectivity index (χ4v) is 4.95. The van der Waals surface area contributed by atoms with Gasteiger partial charge in [0, 0.05) is 31.5 Å². The third-order valence-electron chi connectivity index (χ3n) is 6.09. The Labute approximate surface area is 127 Å². The van der Waals surface area contributed by atoms with Crippen molar-refractivity contribution >= 4 is 0 Å². The Balaban J connectivity index is 1.43. The van der Waals surface area contributed by atoms with Crippen LogP contribution in [0.5, 0.6) is 0 Å². The Kier molecular flexibility index (Phi) is 3.76. The van der Waals surface area contributed by atoms with Gasteiger partial charge in [0.05, 0.1) is 12.1 Å². The second kappa shape index (κ2) is 5.73. The average Bonchev–Trinajstić information content (AvgIpc) is 3.16. The van der Waals surface area contributed by atoms with Crippen molar-refractivity contribution in [2.75, 3.05) is 13.1 Å². The molecule has 4 nitrogen and oxygen atoms in total. The molecule has 0 spiro atoms. The molecule has 4 atom stereocenters. The molecule has 3 fully saturated rings. The first-order chi connectivity index (χ1) is 10.3. The molecule has 2 heterocycles. The van der Waals surface area contributed by atoms with Gasteiger partial charge in [-0.2, -0.15) is 5.10 Å². The summed E-state index contributed by atoms with van der Waals surface area (Å²) in [6.45, 7) is 2.47. The number of fused-ring (bicyclic) bond motifs is 1. The summed E-state index contributed by atoms with van der Waals surface area (Å²) in [5.74, 6) is 1.46. The molecule has 0 amide bonds. The van der Waals surface area contributed by atoms with Crippen LogP contribution in [-0.2, 0) is 0 Å². The Bertz CT molecular complexity index is 455. The number of nitrogens with zero attached hydrogens (tertiary/aromatic N) is 3. The summed E-state index contributed by atoms with van der Waals surface area (Å²) in [6.07, 6.45) is 12.7. The zero-order chi connectivity index (χ0) is 14.2. The van der Waals surface area contributed by atoms with Crippen molar-refractivity contribution in [1.82, 2.24) is 14.7 Å². The Morgan fingerprint density at radius 1 is 1.00 bits per heavy atom. The molecular formula is C17H27N3O. The van der Waals surface area contributed by atoms with Gasteiger partial charge in [0.1, 0.15) is 0 Å². The molecule has 1 aliphatic heterocycles. The monoisotopic (exact) mass is 289 g/mol. The van der Waals surface area contributed by atoms with E-state index in [-0.39, 0.29) is 12.1 Å². The van der Waals surface area contributed by atoms with Gasteiger partial charge in [-0.15, -0.1) is 0 Å². The van der Waals surface area contributed by atoms with Gasteiger partial charge >= 0.3 is 0 Å². The lowest BCUT2D eigenvalue weighted by atomic mass is 9.77. The van der Waals surface area contributed by atoms with Gasteiger partial charge in [-0.3, -0.25) is 9.58 Å². The smallest absolute Gasteiger partial charge is 0.0781 e. The van der Waals surface area contributed by atoms with Crippen LogP contribution in [0.2, 0.25) is 0 Å². The minimum absolute atomic E-state index is 0.188. The highest BCUT2D eigenvalue weighted by molar-refractivity contribution is 4.97. The molecule has 1 aromatic rings. The molecule has 4 heteroatoms. The zero-order valence-electron chi connectivity index (χ0n) is 12.8. The Morgan fingerprint density at radius 3 is 2.48 bits per heavy atom. The molecule has 3 aliphatic rings. The van der Waals surface area contributed by atoms with E-state index in [1.165, 1.54) is 45.2 Å². The van der Waals surface area contributed by atoms with Crippen LogP contribution in [0.1, 0.15) is 51.0 Å². The van der Waals surface area contributed by atoms with Gasteiger partial charge < -0.3 is 5.11 Å². The van der Waals surface area contributed by atoms with Gasteiger partial charge in [0.15, 0.2) is 0 Å². The molecule has 0 aromatic carbocycles. The molecule has 1 saturated heterocycles. The van der Waals surface area contributed by atoms with E-state index >= 15 is 0 Å². The van der Waals surface area contributed by atoms with Gasteiger partial charge in [-0.05, 0) is 43.6 Å². The minimum atomic E-state index is -0.225. The molecule has 21 heavy (non-hydrogen) atoms. The second-order valence-electron chi connectivity index (χ2n) is 7.36. The average molecular weight is 289 g/mol. The van der Waals surface area contributed by atoms with Crippen LogP contribution in [0.4, 0.5) is 0 Å². The minimum Gasteiger partial charge on any atom is -0.391 e. The summed E-state index contributed by atoms with van der Waals surface area (Å²) in [5.41, 5.74) is 0. The van der Waals surface area contributed by atoms with Crippen LogP contribution >= 0.6 is 0 Å². The molecule has 0 unspecified atom stereocenters. The highest BCUT2D eigenvalue weighted by Crippen LogP contribution is 2.42. The van der Waals surface area contributed by atoms with E-state index in [1.807, 2.05) is 23.1 Å². The molecule has 4 rings (SSSR count). The molecule has 1 aromatic heterocycles. The standard InChI is InChI=1S/C17H27N3O/c21-17-10-14-12-19(15-5-2-1-3-6-15)11-13(14)9-16(17)20-8-4-7-18-20/h4,7-8,13-17,21H,1-3,5-6,9-12H2/t13-,14+,16-,17-/m0/s1. The summed E-state index contributed by atoms with van der Waals surface area (Å²) >= 11 is 0. The van der Waals surface area contributed by atoms with Crippen LogP contribution in [0, 0.1) is 11.8 Å². The van der Waals surface area contributed by atoms with E-state index in [2.05, 4.69) is 10.00 Å². The van der Waals surface area contributed by atoms with Crippen molar-refractivity contribution in [2.45, 2.75) is 63.1 Å². The quantitative estimate of drug-likeness (QED) is 0.909. The normalized spacial score (nSPS) is 38.5. The summed E-state index contributed by atoms with van der Waals surface area (Å²) in [4.78, 5) is 2.74. The van der Waals surface area contributed by atoms with Crippen LogP contribution in [0.15, 0.2) is 18.5 Å². The second-order valence-corrected chi connectivity index (χ2v) is 7.36. The van der Waals surface area contributed by atoms with Crippen molar-refractivity contribution in [3.05, 3.63) is 18.5 Å². The van der Waals surface area contributed by atoms with Crippen LogP contribution in [0.3, 0.4) is 0 Å². The molecule has 2 aliphatic carbocycles. The van der Waals surface area contributed by atoms with E-state index in [9.17, 15) is 5.11 Å². The fourth-order valence-electron chi connectivity index (χ4n) is 4.95. The van der Waals surface area contributed by atoms with E-state index in [4.69, 9.17) is 0 Å². The predicted molar refractivity (Wildman–Crippen MR) is 81.9 cm³/mol. The van der Waals surface area contributed by atoms with Gasteiger partial charge in [0.2, 0.25) is 0 Å². The predicted octanol–water partition coefficient (Wildman–Crippen LogP) is 2.46. The van der Waals surface area contributed by atoms with Crippen molar-refractivity contribution in [2.24, 2.45) is 11.8 Å². The number of hydrogen-bond acceptors (Lipinski definition) is 3. The van der Waals surface area contributed by atoms with E-state index < -0.39 is 0 Å². The topological polar surface area (TPSA) is 41.3 Å². The largest absolute Gasteiger partial charge is 0.391 e. The fraction of sp³-hybridized carbons (Fsp3) is 0.824. The van der Waals surface area contributed by atoms with Crippen molar-refractivity contribution in [1.29, 1.82) is 0 Å². The van der Waals surface area contributed by atoms with E-state index in [0.29, 0.717) is 5.92 Å². The van der Waals surface area contributed by atoms with Gasteiger partial charge in [-0.1, -0.05) is 19.3 Å². The van der Waals surface area contributed by atoms with Crippen LogP contribution < -0.4 is 0 Å². The molecule has 0 radical (unpaired) electrons. The van der Waals surface area contributed by atoms with E-state index in [0.717, 1.165) is 24.8 Å². The Hall–Kier alpha value is -0.870. The number of aliphatic hydroxyl groups excluding tert-OH is 1. The SMILES string of the molecule is O[C@H]1C[C@@H]2CN(C3CCCCC3)C[C@@H]2C[C@@H]1n1cccn1. The van der Waals surface area contributed by atoms with Crippen LogP contribution in [0.25, 0.3) is 0 Å². The summed E-state index contributed by atoms with van der Waals surface area (Å²) < 4.78 is 1.98. The highest BCUT2D eigenvalue weighted by Gasteiger charge is 2.43. The highest BCUT2D eigenvalue weighted by atomic mass is 16.3. The van der Waals surface area contributed by atoms with Crippen LogP contribution in [-0.4, -0.2) is 45.0 Å². The summed E-state index contributed by atoms with van der Waals surface area (Å²) in [6, 6.07) is 2.97. The Morgan fingerprint density at radius 2 is 1.76 bits per heavy atom.